The second kappa shape index (κ2) is 7.71. The predicted octanol–water partition coefficient (Wildman–Crippen LogP) is 4.96. The molecule has 0 fully saturated rings. The van der Waals surface area contributed by atoms with Crippen LogP contribution in [-0.4, -0.2) is 16.8 Å². The molecule has 0 aromatic heterocycles. The highest BCUT2D eigenvalue weighted by Gasteiger charge is 2.51. The SMILES string of the molecule is Cc1ccc(C)c(C(=O)C[C@@]2(O)C(=O)N(Cc3ccccc3)c3ccc(Cl)cc32)c1. The maximum Gasteiger partial charge on any atom is 0.264 e. The number of anilines is 1. The number of aryl methyl sites for hydroxylation is 2. The number of hydrogen-bond donors (Lipinski definition) is 1. The Morgan fingerprint density at radius 2 is 1.77 bits per heavy atom. The van der Waals surface area contributed by atoms with E-state index in [-0.39, 0.29) is 12.2 Å². The van der Waals surface area contributed by atoms with Gasteiger partial charge in [0.2, 0.25) is 0 Å². The van der Waals surface area contributed by atoms with Crippen LogP contribution in [-0.2, 0) is 16.9 Å². The molecule has 0 spiro atoms. The first kappa shape index (κ1) is 20.3. The van der Waals surface area contributed by atoms with Gasteiger partial charge in [-0.3, -0.25) is 9.59 Å². The molecule has 3 aromatic rings. The molecule has 4 rings (SSSR count). The summed E-state index contributed by atoms with van der Waals surface area (Å²) in [7, 11) is 0. The van der Waals surface area contributed by atoms with Crippen LogP contribution in [0.15, 0.2) is 66.7 Å². The number of carbonyl (C=O) groups excluding carboxylic acids is 2. The fraction of sp³-hybridized carbons (Fsp3) is 0.200. The Morgan fingerprint density at radius 3 is 2.50 bits per heavy atom. The van der Waals surface area contributed by atoms with Gasteiger partial charge in [0.1, 0.15) is 0 Å². The molecule has 1 N–H and O–H groups in total. The van der Waals surface area contributed by atoms with Crippen LogP contribution >= 0.6 is 11.6 Å². The third-order valence-electron chi connectivity index (χ3n) is 5.59. The van der Waals surface area contributed by atoms with E-state index in [1.54, 1.807) is 24.3 Å². The van der Waals surface area contributed by atoms with Crippen LogP contribution in [0.2, 0.25) is 5.02 Å². The van der Waals surface area contributed by atoms with Crippen LogP contribution in [0.5, 0.6) is 0 Å². The van der Waals surface area contributed by atoms with Crippen molar-refractivity contribution < 1.29 is 14.7 Å². The average Bonchev–Trinajstić information content (AvgIpc) is 2.92. The van der Waals surface area contributed by atoms with Gasteiger partial charge < -0.3 is 10.0 Å². The maximum atomic E-state index is 13.4. The van der Waals surface area contributed by atoms with Crippen LogP contribution in [0.3, 0.4) is 0 Å². The number of ketones is 1. The van der Waals surface area contributed by atoms with E-state index in [0.29, 0.717) is 28.4 Å². The number of aliphatic hydroxyl groups is 1. The first-order chi connectivity index (χ1) is 14.3. The zero-order chi connectivity index (χ0) is 21.5. The Morgan fingerprint density at radius 1 is 1.03 bits per heavy atom. The first-order valence-electron chi connectivity index (χ1n) is 9.78. The van der Waals surface area contributed by atoms with Gasteiger partial charge >= 0.3 is 0 Å². The molecule has 1 atom stereocenters. The van der Waals surface area contributed by atoms with Gasteiger partial charge in [-0.05, 0) is 49.2 Å². The summed E-state index contributed by atoms with van der Waals surface area (Å²) < 4.78 is 0. The van der Waals surface area contributed by atoms with E-state index < -0.39 is 11.5 Å². The largest absolute Gasteiger partial charge is 0.375 e. The van der Waals surface area contributed by atoms with Gasteiger partial charge in [-0.25, -0.2) is 0 Å². The van der Waals surface area contributed by atoms with Crippen molar-refractivity contribution in [3.05, 3.63) is 99.6 Å². The van der Waals surface area contributed by atoms with Crippen LogP contribution in [0.1, 0.15) is 39.0 Å². The van der Waals surface area contributed by atoms with Crippen molar-refractivity contribution in [1.82, 2.24) is 0 Å². The molecule has 1 amide bonds. The minimum absolute atomic E-state index is 0.278. The highest BCUT2D eigenvalue weighted by Crippen LogP contribution is 2.44. The lowest BCUT2D eigenvalue weighted by molar-refractivity contribution is -0.136. The monoisotopic (exact) mass is 419 g/mol. The number of hydrogen-bond acceptors (Lipinski definition) is 3. The summed E-state index contributed by atoms with van der Waals surface area (Å²) in [5.41, 5.74) is 2.19. The average molecular weight is 420 g/mol. The van der Waals surface area contributed by atoms with Gasteiger partial charge in [-0.2, -0.15) is 0 Å². The summed E-state index contributed by atoms with van der Waals surface area (Å²) in [5, 5.41) is 11.9. The molecule has 152 valence electrons. The topological polar surface area (TPSA) is 57.6 Å². The minimum Gasteiger partial charge on any atom is -0.375 e. The van der Waals surface area contributed by atoms with Crippen LogP contribution in [0.25, 0.3) is 0 Å². The summed E-state index contributed by atoms with van der Waals surface area (Å²) in [6.45, 7) is 4.05. The second-order valence-electron chi connectivity index (χ2n) is 7.82. The zero-order valence-corrected chi connectivity index (χ0v) is 17.6. The fourth-order valence-corrected chi connectivity index (χ4v) is 4.15. The number of amides is 1. The van der Waals surface area contributed by atoms with Crippen LogP contribution < -0.4 is 4.90 Å². The highest BCUT2D eigenvalue weighted by molar-refractivity contribution is 6.31. The third-order valence-corrected chi connectivity index (χ3v) is 5.82. The second-order valence-corrected chi connectivity index (χ2v) is 8.25. The molecule has 5 heteroatoms. The number of halogens is 1. The molecule has 0 unspecified atom stereocenters. The molecule has 0 bridgehead atoms. The Labute approximate surface area is 180 Å². The van der Waals surface area contributed by atoms with Crippen molar-refractivity contribution in [2.45, 2.75) is 32.4 Å². The molecule has 1 aliphatic rings. The van der Waals surface area contributed by atoms with E-state index in [1.807, 2.05) is 56.3 Å². The lowest BCUT2D eigenvalue weighted by atomic mass is 9.87. The molecule has 4 nitrogen and oxygen atoms in total. The van der Waals surface area contributed by atoms with Crippen molar-refractivity contribution in [3.8, 4) is 0 Å². The molecule has 0 radical (unpaired) electrons. The number of rotatable bonds is 5. The van der Waals surface area contributed by atoms with Crippen molar-refractivity contribution >= 4 is 29.0 Å². The maximum absolute atomic E-state index is 13.4. The lowest BCUT2D eigenvalue weighted by Crippen LogP contribution is -2.41. The molecule has 1 heterocycles. The van der Waals surface area contributed by atoms with E-state index in [2.05, 4.69) is 0 Å². The fourth-order valence-electron chi connectivity index (χ4n) is 3.98. The number of nitrogens with zero attached hydrogens (tertiary/aromatic N) is 1. The molecular weight excluding hydrogens is 398 g/mol. The highest BCUT2D eigenvalue weighted by atomic mass is 35.5. The van der Waals surface area contributed by atoms with Crippen LogP contribution in [0, 0.1) is 13.8 Å². The summed E-state index contributed by atoms with van der Waals surface area (Å²) in [6.07, 6.45) is -0.339. The summed E-state index contributed by atoms with van der Waals surface area (Å²) >= 11 is 6.18. The van der Waals surface area contributed by atoms with Gasteiger partial charge in [0.05, 0.1) is 18.7 Å². The number of Topliss-reactive ketones (excluding diaryl/α,β-unsaturated/α-hetero) is 1. The predicted molar refractivity (Wildman–Crippen MR) is 118 cm³/mol. The quantitative estimate of drug-likeness (QED) is 0.594. The number of benzene rings is 3. The van der Waals surface area contributed by atoms with E-state index >= 15 is 0 Å². The van der Waals surface area contributed by atoms with E-state index in [1.165, 1.54) is 4.90 Å². The van der Waals surface area contributed by atoms with Crippen molar-refractivity contribution in [3.63, 3.8) is 0 Å². The van der Waals surface area contributed by atoms with Crippen molar-refractivity contribution in [1.29, 1.82) is 0 Å². The van der Waals surface area contributed by atoms with Gasteiger partial charge in [0.25, 0.3) is 5.91 Å². The first-order valence-corrected chi connectivity index (χ1v) is 10.2. The molecule has 0 saturated carbocycles. The van der Waals surface area contributed by atoms with Gasteiger partial charge in [0, 0.05) is 16.1 Å². The van der Waals surface area contributed by atoms with Gasteiger partial charge in [-0.15, -0.1) is 0 Å². The minimum atomic E-state index is -1.96. The molecule has 0 saturated heterocycles. The molecule has 1 aliphatic heterocycles. The Hall–Kier alpha value is -2.95. The number of carbonyl (C=O) groups is 2. The Bertz CT molecular complexity index is 1140. The summed E-state index contributed by atoms with van der Waals surface area (Å²) in [6, 6.07) is 20.1. The van der Waals surface area contributed by atoms with Crippen LogP contribution in [0.4, 0.5) is 5.69 Å². The Balaban J connectivity index is 1.73. The normalized spacial score (nSPS) is 17.9. The molecule has 0 aliphatic carbocycles. The van der Waals surface area contributed by atoms with Crippen molar-refractivity contribution in [2.24, 2.45) is 0 Å². The zero-order valence-electron chi connectivity index (χ0n) is 16.9. The van der Waals surface area contributed by atoms with Gasteiger partial charge in [-0.1, -0.05) is 59.6 Å². The summed E-state index contributed by atoms with van der Waals surface area (Å²) in [5.74, 6) is -0.790. The third kappa shape index (κ3) is 3.53. The van der Waals surface area contributed by atoms with E-state index in [9.17, 15) is 14.7 Å². The van der Waals surface area contributed by atoms with Gasteiger partial charge in [0.15, 0.2) is 11.4 Å². The van der Waals surface area contributed by atoms with Crippen molar-refractivity contribution in [2.75, 3.05) is 4.90 Å². The van der Waals surface area contributed by atoms with E-state index in [4.69, 9.17) is 11.6 Å². The molecular formula is C25H22ClNO3. The molecule has 3 aromatic carbocycles. The Kier molecular flexibility index (Phi) is 5.22. The number of fused-ring (bicyclic) bond motifs is 1. The van der Waals surface area contributed by atoms with E-state index in [0.717, 1.165) is 16.7 Å². The summed E-state index contributed by atoms with van der Waals surface area (Å²) in [4.78, 5) is 28.0. The smallest absolute Gasteiger partial charge is 0.264 e. The lowest BCUT2D eigenvalue weighted by Gasteiger charge is -2.23. The standard InChI is InChI=1S/C25H22ClNO3/c1-16-8-9-17(2)20(12-16)23(28)14-25(30)21-13-19(26)10-11-22(21)27(24(25)29)15-18-6-4-3-5-7-18/h3-13,30H,14-15H2,1-2H3/t25-/m0/s1. The molecule has 30 heavy (non-hydrogen) atoms.